The Morgan fingerprint density at radius 3 is 2.74 bits per heavy atom. The average Bonchev–Trinajstić information content (AvgIpc) is 3.18. The molecule has 2 saturated heterocycles. The Morgan fingerprint density at radius 1 is 1.35 bits per heavy atom. The zero-order valence-electron chi connectivity index (χ0n) is 13.8. The molecule has 1 amide bonds. The van der Waals surface area contributed by atoms with Crippen LogP contribution in [0.5, 0.6) is 0 Å². The van der Waals surface area contributed by atoms with Gasteiger partial charge in [-0.1, -0.05) is 0 Å². The molecule has 8 heteroatoms. The van der Waals surface area contributed by atoms with Crippen LogP contribution in [0.15, 0.2) is 12.7 Å². The number of amides is 1. The van der Waals surface area contributed by atoms with Crippen molar-refractivity contribution in [1.29, 1.82) is 0 Å². The van der Waals surface area contributed by atoms with Crippen LogP contribution in [0, 0.1) is 0 Å². The number of rotatable bonds is 4. The molecule has 2 fully saturated rings. The summed E-state index contributed by atoms with van der Waals surface area (Å²) in [5.74, 6) is -0.0408. The summed E-state index contributed by atoms with van der Waals surface area (Å²) in [6, 6.07) is 0. The predicted molar refractivity (Wildman–Crippen MR) is 82.7 cm³/mol. The van der Waals surface area contributed by atoms with Crippen molar-refractivity contribution in [2.45, 2.75) is 31.4 Å². The summed E-state index contributed by atoms with van der Waals surface area (Å²) in [7, 11) is 0. The fourth-order valence-corrected chi connectivity index (χ4v) is 3.32. The molecule has 0 aromatic carbocycles. The molecule has 1 atom stereocenters. The number of aromatic nitrogens is 3. The molecule has 1 aromatic heterocycles. The largest absolute Gasteiger partial charge is 0.387 e. The second kappa shape index (κ2) is 6.18. The third-order valence-electron chi connectivity index (χ3n) is 4.76. The Hall–Kier alpha value is -1.51. The lowest BCUT2D eigenvalue weighted by Gasteiger charge is -2.34. The molecule has 0 radical (unpaired) electrons. The summed E-state index contributed by atoms with van der Waals surface area (Å²) in [5.41, 5.74) is -1.65. The van der Waals surface area contributed by atoms with Crippen molar-refractivity contribution in [3.63, 3.8) is 0 Å². The number of nitrogens with zero attached hydrogens (tertiary/aromatic N) is 5. The van der Waals surface area contributed by atoms with Crippen molar-refractivity contribution in [2.75, 3.05) is 45.9 Å². The Labute approximate surface area is 136 Å². The lowest BCUT2D eigenvalue weighted by Crippen LogP contribution is -2.51. The first kappa shape index (κ1) is 16.4. The predicted octanol–water partition coefficient (Wildman–Crippen LogP) is -0.691. The quantitative estimate of drug-likeness (QED) is 0.789. The van der Waals surface area contributed by atoms with Crippen molar-refractivity contribution >= 4 is 5.91 Å². The highest BCUT2D eigenvalue weighted by molar-refractivity contribution is 5.84. The summed E-state index contributed by atoms with van der Waals surface area (Å²) >= 11 is 0. The minimum atomic E-state index is -0.842. The Balaban J connectivity index is 1.63. The molecule has 23 heavy (non-hydrogen) atoms. The van der Waals surface area contributed by atoms with Crippen molar-refractivity contribution in [2.24, 2.45) is 0 Å². The molecule has 2 aliphatic rings. The molecule has 3 rings (SSSR count). The highest BCUT2D eigenvalue weighted by Gasteiger charge is 2.44. The molecule has 1 aromatic rings. The van der Waals surface area contributed by atoms with Crippen molar-refractivity contribution in [3.8, 4) is 0 Å². The minimum absolute atomic E-state index is 0.0408. The van der Waals surface area contributed by atoms with Gasteiger partial charge in [0.15, 0.2) is 0 Å². The van der Waals surface area contributed by atoms with Gasteiger partial charge in [-0.05, 0) is 20.3 Å². The third kappa shape index (κ3) is 3.39. The van der Waals surface area contributed by atoms with Gasteiger partial charge < -0.3 is 14.7 Å². The van der Waals surface area contributed by atoms with Gasteiger partial charge in [0, 0.05) is 26.2 Å². The lowest BCUT2D eigenvalue weighted by molar-refractivity contribution is -0.140. The fourth-order valence-electron chi connectivity index (χ4n) is 3.32. The van der Waals surface area contributed by atoms with Crippen LogP contribution in [0.1, 0.15) is 20.3 Å². The van der Waals surface area contributed by atoms with E-state index >= 15 is 0 Å². The summed E-state index contributed by atoms with van der Waals surface area (Å²) in [6.07, 6.45) is 3.57. The van der Waals surface area contributed by atoms with Crippen LogP contribution in [0.25, 0.3) is 0 Å². The van der Waals surface area contributed by atoms with Crippen LogP contribution in [0.2, 0.25) is 0 Å². The molecule has 0 spiro atoms. The number of likely N-dealkylation sites (tertiary alicyclic amines) is 1. The van der Waals surface area contributed by atoms with E-state index in [1.54, 1.807) is 15.9 Å². The molecule has 0 bridgehead atoms. The average molecular weight is 323 g/mol. The van der Waals surface area contributed by atoms with Crippen LogP contribution in [-0.4, -0.2) is 87.1 Å². The molecule has 1 N–H and O–H groups in total. The van der Waals surface area contributed by atoms with Crippen molar-refractivity contribution in [3.05, 3.63) is 12.7 Å². The number of hydrogen-bond acceptors (Lipinski definition) is 6. The molecule has 128 valence electrons. The SMILES string of the molecule is CC(C)(C(=O)N1CC[C@](O)(CN2CCOCC2)C1)n1cncn1. The lowest BCUT2D eigenvalue weighted by atomic mass is 10.0. The molecule has 3 heterocycles. The summed E-state index contributed by atoms with van der Waals surface area (Å²) in [6.45, 7) is 8.24. The summed E-state index contributed by atoms with van der Waals surface area (Å²) < 4.78 is 6.90. The first-order valence-corrected chi connectivity index (χ1v) is 8.08. The van der Waals surface area contributed by atoms with Crippen LogP contribution in [-0.2, 0) is 15.1 Å². The highest BCUT2D eigenvalue weighted by atomic mass is 16.5. The monoisotopic (exact) mass is 323 g/mol. The van der Waals surface area contributed by atoms with Crippen molar-refractivity contribution in [1.82, 2.24) is 24.6 Å². The molecular formula is C15H25N5O3. The zero-order chi connectivity index (χ0) is 16.5. The number of morpholine rings is 1. The number of carbonyl (C=O) groups is 1. The van der Waals surface area contributed by atoms with Gasteiger partial charge >= 0.3 is 0 Å². The topological polar surface area (TPSA) is 83.7 Å². The van der Waals surface area contributed by atoms with Gasteiger partial charge in [-0.3, -0.25) is 9.69 Å². The van der Waals surface area contributed by atoms with Gasteiger partial charge in [0.25, 0.3) is 0 Å². The molecule has 2 aliphatic heterocycles. The van der Waals surface area contributed by atoms with Gasteiger partial charge in [0.05, 0.1) is 25.4 Å². The van der Waals surface area contributed by atoms with Crippen molar-refractivity contribution < 1.29 is 14.6 Å². The first-order chi connectivity index (χ1) is 10.9. The second-order valence-corrected chi connectivity index (χ2v) is 6.99. The van der Waals surface area contributed by atoms with E-state index in [1.165, 1.54) is 6.33 Å². The van der Waals surface area contributed by atoms with Gasteiger partial charge in [-0.2, -0.15) is 5.10 Å². The Kier molecular flexibility index (Phi) is 4.39. The maximum Gasteiger partial charge on any atom is 0.250 e. The van der Waals surface area contributed by atoms with E-state index in [0.29, 0.717) is 39.3 Å². The normalized spacial score (nSPS) is 26.7. The second-order valence-electron chi connectivity index (χ2n) is 6.99. The number of aliphatic hydroxyl groups is 1. The summed E-state index contributed by atoms with van der Waals surface area (Å²) in [4.78, 5) is 20.7. The van der Waals surface area contributed by atoms with Crippen LogP contribution < -0.4 is 0 Å². The van der Waals surface area contributed by atoms with E-state index in [4.69, 9.17) is 4.74 Å². The number of ether oxygens (including phenoxy) is 1. The number of hydrogen-bond donors (Lipinski definition) is 1. The Morgan fingerprint density at radius 2 is 2.09 bits per heavy atom. The molecular weight excluding hydrogens is 298 g/mol. The standard InChI is InChI=1S/C15H25N5O3/c1-14(2,20-12-16-11-17-20)13(21)19-4-3-15(22,10-19)9-18-5-7-23-8-6-18/h11-12,22H,3-10H2,1-2H3/t15-/m0/s1. The first-order valence-electron chi connectivity index (χ1n) is 8.08. The Bertz CT molecular complexity index is 541. The number of carbonyl (C=O) groups excluding carboxylic acids is 1. The highest BCUT2D eigenvalue weighted by Crippen LogP contribution is 2.27. The third-order valence-corrected chi connectivity index (χ3v) is 4.76. The van der Waals surface area contributed by atoms with E-state index in [-0.39, 0.29) is 5.91 Å². The maximum absolute atomic E-state index is 12.8. The molecule has 0 aliphatic carbocycles. The van der Waals surface area contributed by atoms with E-state index in [1.807, 2.05) is 13.8 Å². The minimum Gasteiger partial charge on any atom is -0.387 e. The molecule has 0 saturated carbocycles. The van der Waals surface area contributed by atoms with E-state index in [2.05, 4.69) is 15.0 Å². The maximum atomic E-state index is 12.8. The van der Waals surface area contributed by atoms with Crippen LogP contribution >= 0.6 is 0 Å². The fraction of sp³-hybridized carbons (Fsp3) is 0.800. The molecule has 0 unspecified atom stereocenters. The van der Waals surface area contributed by atoms with Gasteiger partial charge in [-0.25, -0.2) is 9.67 Å². The van der Waals surface area contributed by atoms with Gasteiger partial charge in [-0.15, -0.1) is 0 Å². The van der Waals surface area contributed by atoms with E-state index in [0.717, 1.165) is 13.1 Å². The van der Waals surface area contributed by atoms with Gasteiger partial charge in [0.1, 0.15) is 18.2 Å². The zero-order valence-corrected chi connectivity index (χ0v) is 13.8. The smallest absolute Gasteiger partial charge is 0.250 e. The van der Waals surface area contributed by atoms with Crippen LogP contribution in [0.4, 0.5) is 0 Å². The van der Waals surface area contributed by atoms with E-state index in [9.17, 15) is 9.90 Å². The molecule has 8 nitrogen and oxygen atoms in total. The van der Waals surface area contributed by atoms with Gasteiger partial charge in [0.2, 0.25) is 5.91 Å². The summed E-state index contributed by atoms with van der Waals surface area (Å²) in [5, 5.41) is 14.9. The van der Waals surface area contributed by atoms with Crippen LogP contribution in [0.3, 0.4) is 0 Å². The van der Waals surface area contributed by atoms with E-state index < -0.39 is 11.1 Å². The number of β-amino-alcohol motifs (C(OH)–C–C–N with tert-alkyl or cyclic N) is 1.